The van der Waals surface area contributed by atoms with E-state index < -0.39 is 30.4 Å². The number of carboxylic acid groups (broad SMARTS) is 1. The number of halogens is 3. The van der Waals surface area contributed by atoms with Crippen molar-refractivity contribution in [3.05, 3.63) is 51.4 Å². The zero-order valence-electron chi connectivity index (χ0n) is 14.1. The molecular weight excluding hydrogens is 385 g/mol. The number of hydrogen-bond donors (Lipinski definition) is 2. The van der Waals surface area contributed by atoms with E-state index in [1.54, 1.807) is 0 Å². The number of carboxylic acids is 1. The first-order valence-corrected chi connectivity index (χ1v) is 8.46. The summed E-state index contributed by atoms with van der Waals surface area (Å²) in [6, 6.07) is 2.19. The van der Waals surface area contributed by atoms with Crippen molar-refractivity contribution in [2.24, 2.45) is 10.7 Å². The van der Waals surface area contributed by atoms with Crippen molar-refractivity contribution in [2.75, 3.05) is 13.2 Å². The molecule has 1 aromatic carbocycles. The second-order valence-corrected chi connectivity index (χ2v) is 6.31. The van der Waals surface area contributed by atoms with Crippen LogP contribution in [0, 0.1) is 12.7 Å². The molecule has 0 unspecified atom stereocenters. The number of nitrogens with two attached hydrogens (primary N) is 1. The fourth-order valence-corrected chi connectivity index (χ4v) is 3.04. The topological polar surface area (TPSA) is 122 Å². The van der Waals surface area contributed by atoms with Crippen LogP contribution >= 0.6 is 11.3 Å². The van der Waals surface area contributed by atoms with Gasteiger partial charge in [-0.05, 0) is 13.0 Å². The zero-order valence-corrected chi connectivity index (χ0v) is 14.9. The molecule has 1 aromatic heterocycles. The van der Waals surface area contributed by atoms with Gasteiger partial charge in [0.15, 0.2) is 11.2 Å². The van der Waals surface area contributed by atoms with Crippen LogP contribution in [0.2, 0.25) is 0 Å². The van der Waals surface area contributed by atoms with E-state index in [0.29, 0.717) is 0 Å². The molecule has 2 heterocycles. The van der Waals surface area contributed by atoms with E-state index in [2.05, 4.69) is 9.98 Å². The number of benzene rings is 1. The Hall–Kier alpha value is -2.66. The van der Waals surface area contributed by atoms with Gasteiger partial charge in [0.25, 0.3) is 6.43 Å². The zero-order chi connectivity index (χ0) is 20.2. The molecule has 1 aliphatic heterocycles. The first-order valence-electron chi connectivity index (χ1n) is 7.51. The Morgan fingerprint density at radius 1 is 1.48 bits per heavy atom. The lowest BCUT2D eigenvalue weighted by Crippen LogP contribution is -2.45. The number of aliphatic imine (C=N–C) groups is 1. The van der Waals surface area contributed by atoms with Crippen molar-refractivity contribution in [3.8, 4) is 0 Å². The molecule has 0 aliphatic carbocycles. The summed E-state index contributed by atoms with van der Waals surface area (Å²) >= 11 is 1.28. The average molecular weight is 401 g/mol. The van der Waals surface area contributed by atoms with Gasteiger partial charge in [0.1, 0.15) is 18.3 Å². The van der Waals surface area contributed by atoms with E-state index in [-0.39, 0.29) is 35.0 Å². The van der Waals surface area contributed by atoms with Gasteiger partial charge in [-0.15, -0.1) is 17.0 Å². The van der Waals surface area contributed by atoms with Crippen LogP contribution in [-0.4, -0.2) is 41.5 Å². The molecule has 11 heteroatoms. The lowest BCUT2D eigenvalue weighted by atomic mass is 9.86. The standard InChI is InChI=1S/C12H13F3N3O.C4H3NO2S/c1-6-8(16)3-2-7(13)10(6)12(11(14)15)5-19-4-9(17)18-12;6-4(7)3-1-8-2-5-3/h2-3,11,16H,4-5H2,1H3,(H2,17,18);1-2H,(H,6,7)/q-1;/t12-;/m0./s1. The highest BCUT2D eigenvalue weighted by Gasteiger charge is 2.47. The number of aromatic nitrogens is 1. The fourth-order valence-electron chi connectivity index (χ4n) is 2.51. The van der Waals surface area contributed by atoms with Gasteiger partial charge >= 0.3 is 5.97 Å². The van der Waals surface area contributed by atoms with Gasteiger partial charge in [-0.3, -0.25) is 4.99 Å². The lowest BCUT2D eigenvalue weighted by molar-refractivity contribution is -0.0149. The Kier molecular flexibility index (Phi) is 6.39. The monoisotopic (exact) mass is 401 g/mol. The summed E-state index contributed by atoms with van der Waals surface area (Å²) in [5.41, 5.74) is 12.3. The third-order valence-electron chi connectivity index (χ3n) is 3.77. The molecule has 0 bridgehead atoms. The van der Waals surface area contributed by atoms with Crippen molar-refractivity contribution in [1.82, 2.24) is 4.98 Å². The minimum Gasteiger partial charge on any atom is -0.698 e. The number of thiazole rings is 1. The maximum atomic E-state index is 14.0. The summed E-state index contributed by atoms with van der Waals surface area (Å²) in [6.45, 7) is 0.882. The van der Waals surface area contributed by atoms with E-state index in [1.807, 2.05) is 0 Å². The summed E-state index contributed by atoms with van der Waals surface area (Å²) < 4.78 is 45.9. The largest absolute Gasteiger partial charge is 0.698 e. The van der Waals surface area contributed by atoms with Gasteiger partial charge in [0, 0.05) is 10.9 Å². The number of amidine groups is 1. The van der Waals surface area contributed by atoms with Crippen LogP contribution in [0.5, 0.6) is 0 Å². The van der Waals surface area contributed by atoms with Crippen LogP contribution in [0.1, 0.15) is 21.6 Å². The van der Waals surface area contributed by atoms with Crippen LogP contribution in [0.3, 0.4) is 0 Å². The number of carbonyl (C=O) groups is 1. The minimum absolute atomic E-state index is 0.0317. The smallest absolute Gasteiger partial charge is 0.355 e. The molecule has 0 fully saturated rings. The van der Waals surface area contributed by atoms with Crippen LogP contribution in [0.4, 0.5) is 18.9 Å². The molecule has 4 N–H and O–H groups in total. The van der Waals surface area contributed by atoms with Crippen molar-refractivity contribution in [1.29, 1.82) is 0 Å². The predicted octanol–water partition coefficient (Wildman–Crippen LogP) is 3.51. The molecule has 3 rings (SSSR count). The van der Waals surface area contributed by atoms with Crippen molar-refractivity contribution in [2.45, 2.75) is 18.9 Å². The number of aromatic carboxylic acids is 1. The Balaban J connectivity index is 0.000000273. The predicted molar refractivity (Wildman–Crippen MR) is 94.3 cm³/mol. The van der Waals surface area contributed by atoms with E-state index in [0.717, 1.165) is 6.07 Å². The summed E-state index contributed by atoms with van der Waals surface area (Å²) in [5.74, 6) is -1.91. The highest BCUT2D eigenvalue weighted by Crippen LogP contribution is 2.40. The first kappa shape index (κ1) is 20.6. The van der Waals surface area contributed by atoms with Crippen LogP contribution in [-0.2, 0) is 10.3 Å². The maximum Gasteiger partial charge on any atom is 0.355 e. The fraction of sp³-hybridized carbons (Fsp3) is 0.312. The Bertz CT molecular complexity index is 846. The number of nitrogens with zero attached hydrogens (tertiary/aromatic N) is 2. The van der Waals surface area contributed by atoms with Crippen molar-refractivity contribution < 1.29 is 27.8 Å². The van der Waals surface area contributed by atoms with Gasteiger partial charge in [0.2, 0.25) is 0 Å². The molecule has 27 heavy (non-hydrogen) atoms. The van der Waals surface area contributed by atoms with Crippen molar-refractivity contribution >= 4 is 28.8 Å². The van der Waals surface area contributed by atoms with E-state index in [1.165, 1.54) is 35.2 Å². The number of rotatable bonds is 3. The lowest BCUT2D eigenvalue weighted by Gasteiger charge is -2.35. The highest BCUT2D eigenvalue weighted by atomic mass is 32.1. The van der Waals surface area contributed by atoms with Crippen LogP contribution in [0.15, 0.2) is 28.0 Å². The molecule has 0 spiro atoms. The highest BCUT2D eigenvalue weighted by molar-refractivity contribution is 7.07. The summed E-state index contributed by atoms with van der Waals surface area (Å²) in [6.07, 6.45) is -2.98. The van der Waals surface area contributed by atoms with Gasteiger partial charge in [-0.2, -0.15) is 0 Å². The molecule has 1 atom stereocenters. The molecule has 1 aliphatic rings. The second kappa shape index (κ2) is 8.35. The molecule has 146 valence electrons. The average Bonchev–Trinajstić information content (AvgIpc) is 3.14. The van der Waals surface area contributed by atoms with E-state index in [4.69, 9.17) is 21.3 Å². The van der Waals surface area contributed by atoms with Crippen LogP contribution < -0.4 is 5.73 Å². The summed E-state index contributed by atoms with van der Waals surface area (Å²) in [5, 5.41) is 9.71. The molecule has 0 radical (unpaired) electrons. The third kappa shape index (κ3) is 4.37. The Morgan fingerprint density at radius 2 is 2.19 bits per heavy atom. The molecular formula is C16H16F3N4O3S-. The molecule has 0 amide bonds. The van der Waals surface area contributed by atoms with Gasteiger partial charge in [0.05, 0.1) is 12.1 Å². The normalized spacial score (nSPS) is 19.2. The second-order valence-electron chi connectivity index (χ2n) is 5.59. The van der Waals surface area contributed by atoms with Gasteiger partial charge < -0.3 is 21.3 Å². The molecule has 0 saturated heterocycles. The molecule has 0 saturated carbocycles. The number of nitrogens with one attached hydrogen (secondary N) is 1. The Morgan fingerprint density at radius 3 is 2.67 bits per heavy atom. The Labute approximate surface area is 156 Å². The SMILES string of the molecule is Cc1c([NH-])ccc(F)c1[C@]1(C(F)F)COCC(N)=N1.O=C(O)c1cscn1. The maximum absolute atomic E-state index is 14.0. The molecule has 7 nitrogen and oxygen atoms in total. The minimum atomic E-state index is -2.98. The summed E-state index contributed by atoms with van der Waals surface area (Å²) in [4.78, 5) is 17.3. The quantitative estimate of drug-likeness (QED) is 0.815. The van der Waals surface area contributed by atoms with Gasteiger partial charge in [-0.1, -0.05) is 11.6 Å². The van der Waals surface area contributed by atoms with Crippen LogP contribution in [0.25, 0.3) is 5.73 Å². The van der Waals surface area contributed by atoms with E-state index >= 15 is 0 Å². The van der Waals surface area contributed by atoms with E-state index in [9.17, 15) is 18.0 Å². The van der Waals surface area contributed by atoms with Gasteiger partial charge in [-0.25, -0.2) is 22.9 Å². The number of alkyl halides is 2. The number of hydrogen-bond acceptors (Lipinski definition) is 6. The first-order chi connectivity index (χ1) is 12.7. The summed E-state index contributed by atoms with van der Waals surface area (Å²) in [7, 11) is 0. The molecule has 2 aromatic rings. The third-order valence-corrected chi connectivity index (χ3v) is 4.36. The number of ether oxygens (including phenoxy) is 1. The van der Waals surface area contributed by atoms with Crippen molar-refractivity contribution in [3.63, 3.8) is 0 Å².